The second-order valence-corrected chi connectivity index (χ2v) is 16.4. The van der Waals surface area contributed by atoms with E-state index in [1.807, 2.05) is 22.9 Å². The van der Waals surface area contributed by atoms with Crippen molar-refractivity contribution in [1.82, 2.24) is 14.5 Å². The Hall–Kier alpha value is -2.98. The number of methoxy groups -OCH3 is 1. The molecule has 8 nitrogen and oxygen atoms in total. The van der Waals surface area contributed by atoms with E-state index in [1.54, 1.807) is 19.4 Å². The first-order valence-corrected chi connectivity index (χ1v) is 16.2. The van der Waals surface area contributed by atoms with Crippen molar-refractivity contribution in [2.45, 2.75) is 64.0 Å². The summed E-state index contributed by atoms with van der Waals surface area (Å²) in [4.78, 5) is 21.5. The molecule has 3 heterocycles. The predicted molar refractivity (Wildman–Crippen MR) is 139 cm³/mol. The molecule has 0 unspecified atom stereocenters. The maximum atomic E-state index is 13.4. The zero-order chi connectivity index (χ0) is 25.4. The number of fused-ring (bicyclic) bond motifs is 1. The molecule has 5 rings (SSSR count). The van der Waals surface area contributed by atoms with Crippen molar-refractivity contribution in [2.75, 3.05) is 19.0 Å². The number of rotatable bonds is 11. The van der Waals surface area contributed by atoms with E-state index in [9.17, 15) is 9.18 Å². The molecule has 2 atom stereocenters. The van der Waals surface area contributed by atoms with Gasteiger partial charge in [-0.25, -0.2) is 14.4 Å². The summed E-state index contributed by atoms with van der Waals surface area (Å²) in [5, 5.41) is 3.61. The highest BCUT2D eigenvalue weighted by molar-refractivity contribution is 6.76. The number of nitrogens with one attached hydrogen (secondary N) is 1. The van der Waals surface area contributed by atoms with Crippen LogP contribution in [0, 0.1) is 5.92 Å². The molecular formula is C26H33FN4O4Si. The number of carbonyl (C=O) groups is 1. The van der Waals surface area contributed by atoms with Crippen LogP contribution in [0.1, 0.15) is 19.3 Å². The average Bonchev–Trinajstić information content (AvgIpc) is 3.75. The van der Waals surface area contributed by atoms with E-state index in [0.717, 1.165) is 35.4 Å². The highest BCUT2D eigenvalue weighted by atomic mass is 28.3. The van der Waals surface area contributed by atoms with Gasteiger partial charge in [0.25, 0.3) is 0 Å². The maximum absolute atomic E-state index is 13.4. The maximum Gasteiger partial charge on any atom is 0.231 e. The van der Waals surface area contributed by atoms with Crippen molar-refractivity contribution in [1.29, 1.82) is 0 Å². The van der Waals surface area contributed by atoms with Gasteiger partial charge in [0.1, 0.15) is 30.1 Å². The predicted octanol–water partition coefficient (Wildman–Crippen LogP) is 5.26. The van der Waals surface area contributed by atoms with Crippen LogP contribution >= 0.6 is 0 Å². The minimum Gasteiger partial charge on any atom is -0.490 e. The van der Waals surface area contributed by atoms with Crippen LogP contribution in [0.15, 0.2) is 30.6 Å². The van der Waals surface area contributed by atoms with Gasteiger partial charge in [-0.1, -0.05) is 19.6 Å². The first-order chi connectivity index (χ1) is 17.2. The van der Waals surface area contributed by atoms with Crippen LogP contribution in [0.25, 0.3) is 22.2 Å². The van der Waals surface area contributed by atoms with Gasteiger partial charge in [0.05, 0.1) is 24.7 Å². The number of amides is 1. The molecule has 1 N–H and O–H groups in total. The minimum absolute atomic E-state index is 0.204. The number of carbonyl (C=O) groups excluding carboxylic acids is 1. The highest BCUT2D eigenvalue weighted by Gasteiger charge is 2.43. The molecule has 3 aromatic heterocycles. The van der Waals surface area contributed by atoms with Gasteiger partial charge in [0, 0.05) is 38.0 Å². The van der Waals surface area contributed by atoms with Crippen LogP contribution in [-0.4, -0.2) is 54.5 Å². The van der Waals surface area contributed by atoms with E-state index in [-0.39, 0.29) is 18.4 Å². The summed E-state index contributed by atoms with van der Waals surface area (Å²) in [7, 11) is 0.357. The average molecular weight is 513 g/mol. The van der Waals surface area contributed by atoms with Gasteiger partial charge in [0.2, 0.25) is 11.8 Å². The van der Waals surface area contributed by atoms with Crippen molar-refractivity contribution >= 4 is 30.8 Å². The van der Waals surface area contributed by atoms with E-state index in [0.29, 0.717) is 36.4 Å². The van der Waals surface area contributed by atoms with Crippen molar-refractivity contribution in [3.8, 4) is 22.8 Å². The van der Waals surface area contributed by atoms with Crippen molar-refractivity contribution in [3.63, 3.8) is 0 Å². The van der Waals surface area contributed by atoms with Crippen LogP contribution in [0.4, 0.5) is 10.2 Å². The van der Waals surface area contributed by atoms with E-state index in [1.165, 1.54) is 0 Å². The third-order valence-electron chi connectivity index (χ3n) is 6.41. The number of hydrogen-bond donors (Lipinski definition) is 1. The highest BCUT2D eigenvalue weighted by Crippen LogP contribution is 2.43. The molecular weight excluding hydrogens is 479 g/mol. The first-order valence-electron chi connectivity index (χ1n) is 12.5. The summed E-state index contributed by atoms with van der Waals surface area (Å²) < 4.78 is 33.1. The fraction of sp³-hybridized carbons (Fsp3) is 0.500. The molecule has 10 heteroatoms. The van der Waals surface area contributed by atoms with Crippen molar-refractivity contribution < 1.29 is 23.4 Å². The molecule has 192 valence electrons. The van der Waals surface area contributed by atoms with Gasteiger partial charge < -0.3 is 24.1 Å². The van der Waals surface area contributed by atoms with Crippen LogP contribution in [0.5, 0.6) is 11.6 Å². The number of ether oxygens (including phenoxy) is 3. The lowest BCUT2D eigenvalue weighted by molar-refractivity contribution is -0.117. The number of nitrogens with zero attached hydrogens (tertiary/aromatic N) is 3. The third kappa shape index (κ3) is 5.54. The SMILES string of the molecule is COc1nccc(OC2CC2)c1-c1cn(COCC[Si](C)(C)C)c2nc(NC(=O)[C@@H]3C[C@@H]3F)ccc12. The Kier molecular flexibility index (Phi) is 6.73. The third-order valence-corrected chi connectivity index (χ3v) is 8.11. The largest absolute Gasteiger partial charge is 0.490 e. The molecule has 2 fully saturated rings. The van der Waals surface area contributed by atoms with Crippen LogP contribution < -0.4 is 14.8 Å². The number of pyridine rings is 2. The van der Waals surface area contributed by atoms with Crippen molar-refractivity contribution in [2.24, 2.45) is 5.92 Å². The molecule has 36 heavy (non-hydrogen) atoms. The second-order valence-electron chi connectivity index (χ2n) is 10.8. The molecule has 0 saturated heterocycles. The minimum atomic E-state index is -1.23. The zero-order valence-corrected chi connectivity index (χ0v) is 22.2. The lowest BCUT2D eigenvalue weighted by Crippen LogP contribution is -2.22. The van der Waals surface area contributed by atoms with Gasteiger partial charge >= 0.3 is 0 Å². The van der Waals surface area contributed by atoms with Crippen molar-refractivity contribution in [3.05, 3.63) is 30.6 Å². The molecule has 0 aliphatic heterocycles. The standard InChI is InChI=1S/C26H33FN4O4Si/c1-33-26-23(21(9-10-28-26)35-16-5-6-16)19-14-31(15-34-11-12-36(2,3)4)24-17(19)7-8-22(29-24)30-25(32)18-13-20(18)27/h7-10,14,16,18,20H,5-6,11-13,15H2,1-4H3,(H,29,30,32)/t18-,20+/m1/s1. The molecule has 2 aliphatic carbocycles. The second kappa shape index (κ2) is 9.82. The molecule has 2 aliphatic rings. The number of alkyl halides is 1. The smallest absolute Gasteiger partial charge is 0.231 e. The summed E-state index contributed by atoms with van der Waals surface area (Å²) in [5.41, 5.74) is 2.26. The Bertz CT molecular complexity index is 1270. The number of anilines is 1. The monoisotopic (exact) mass is 512 g/mol. The molecule has 2 saturated carbocycles. The lowest BCUT2D eigenvalue weighted by Gasteiger charge is -2.15. The normalized spacial score (nSPS) is 19.4. The Balaban J connectivity index is 1.52. The zero-order valence-electron chi connectivity index (χ0n) is 21.2. The number of hydrogen-bond acceptors (Lipinski definition) is 6. The van der Waals surface area contributed by atoms with Crippen LogP contribution in [0.3, 0.4) is 0 Å². The molecule has 0 bridgehead atoms. The van der Waals surface area contributed by atoms with E-state index in [2.05, 4.69) is 29.9 Å². The Morgan fingerprint density at radius 3 is 2.69 bits per heavy atom. The summed E-state index contributed by atoms with van der Waals surface area (Å²) in [6.07, 6.45) is 5.12. The fourth-order valence-electron chi connectivity index (χ4n) is 4.02. The summed E-state index contributed by atoms with van der Waals surface area (Å²) in [5.74, 6) is 0.631. The fourth-order valence-corrected chi connectivity index (χ4v) is 4.78. The first kappa shape index (κ1) is 24.7. The van der Waals surface area contributed by atoms with Gasteiger partial charge in [-0.3, -0.25) is 4.79 Å². The van der Waals surface area contributed by atoms with E-state index in [4.69, 9.17) is 19.2 Å². The number of aromatic nitrogens is 3. The Morgan fingerprint density at radius 2 is 2.03 bits per heavy atom. The molecule has 0 aromatic carbocycles. The van der Waals surface area contributed by atoms with Gasteiger partial charge in [-0.2, -0.15) is 0 Å². The molecule has 0 spiro atoms. The number of halogens is 1. The molecule has 3 aromatic rings. The summed E-state index contributed by atoms with van der Waals surface area (Å²) in [6.45, 7) is 7.91. The van der Waals surface area contributed by atoms with Gasteiger partial charge in [0.15, 0.2) is 0 Å². The Labute approximate surface area is 211 Å². The van der Waals surface area contributed by atoms with E-state index < -0.39 is 20.2 Å². The quantitative estimate of drug-likeness (QED) is 0.279. The Morgan fingerprint density at radius 1 is 1.25 bits per heavy atom. The van der Waals surface area contributed by atoms with Crippen LogP contribution in [0.2, 0.25) is 25.7 Å². The van der Waals surface area contributed by atoms with E-state index >= 15 is 0 Å². The topological polar surface area (TPSA) is 87.5 Å². The summed E-state index contributed by atoms with van der Waals surface area (Å²) in [6, 6.07) is 6.54. The lowest BCUT2D eigenvalue weighted by atomic mass is 10.1. The van der Waals surface area contributed by atoms with Gasteiger partial charge in [-0.15, -0.1) is 0 Å². The molecule has 1 amide bonds. The summed E-state index contributed by atoms with van der Waals surface area (Å²) >= 11 is 0. The van der Waals surface area contributed by atoms with Crippen LogP contribution in [-0.2, 0) is 16.3 Å². The molecule has 0 radical (unpaired) electrons. The van der Waals surface area contributed by atoms with Gasteiger partial charge in [-0.05, 0) is 43.5 Å².